The Morgan fingerprint density at radius 2 is 1.58 bits per heavy atom. The number of nitrogens with zero attached hydrogens (tertiary/aromatic N) is 1. The minimum Gasteiger partial charge on any atom is -0.508 e. The van der Waals surface area contributed by atoms with Gasteiger partial charge in [0.05, 0.1) is 17.3 Å². The molecule has 43 heavy (non-hydrogen) atoms. The summed E-state index contributed by atoms with van der Waals surface area (Å²) in [5.41, 5.74) is 2.96. The number of allylic oxidation sites excluding steroid dienone is 4. The summed E-state index contributed by atoms with van der Waals surface area (Å²) >= 11 is 0. The van der Waals surface area contributed by atoms with Gasteiger partial charge in [-0.05, 0) is 67.0 Å². The molecule has 3 aromatic carbocycles. The second-order valence-corrected chi connectivity index (χ2v) is 12.3. The van der Waals surface area contributed by atoms with E-state index >= 15 is 0 Å². The van der Waals surface area contributed by atoms with Crippen LogP contribution in [0.4, 0.5) is 0 Å². The average Bonchev–Trinajstić information content (AvgIpc) is 3.28. The van der Waals surface area contributed by atoms with Crippen LogP contribution in [-0.2, 0) is 24.6 Å². The molecule has 0 aromatic heterocycles. The van der Waals surface area contributed by atoms with E-state index in [0.717, 1.165) is 16.7 Å². The second kappa shape index (κ2) is 10.0. The molecule has 7 rings (SSSR count). The number of amides is 2. The number of benzene rings is 3. The number of aryl methyl sites for hydroxylation is 1. The van der Waals surface area contributed by atoms with E-state index in [0.29, 0.717) is 36.1 Å². The first-order valence-electron chi connectivity index (χ1n) is 15.0. The number of likely N-dealkylation sites (tertiary alicyclic amines) is 1. The van der Waals surface area contributed by atoms with Crippen molar-refractivity contribution in [1.82, 2.24) is 4.90 Å². The molecular weight excluding hydrogens is 538 g/mol. The van der Waals surface area contributed by atoms with Gasteiger partial charge in [-0.2, -0.15) is 0 Å². The van der Waals surface area contributed by atoms with Crippen molar-refractivity contribution in [1.29, 1.82) is 0 Å². The highest BCUT2D eigenvalue weighted by Crippen LogP contribution is 2.63. The largest absolute Gasteiger partial charge is 0.508 e. The van der Waals surface area contributed by atoms with Gasteiger partial charge in [-0.15, -0.1) is 0 Å². The molecule has 6 unspecified atom stereocenters. The van der Waals surface area contributed by atoms with Crippen LogP contribution in [0.5, 0.6) is 5.75 Å². The van der Waals surface area contributed by atoms with Crippen molar-refractivity contribution in [2.75, 3.05) is 6.54 Å². The van der Waals surface area contributed by atoms with Gasteiger partial charge in [0.25, 0.3) is 0 Å². The van der Waals surface area contributed by atoms with Gasteiger partial charge in [0, 0.05) is 24.0 Å². The first-order chi connectivity index (χ1) is 20.8. The molecule has 1 N–H and O–H groups in total. The number of aromatic hydroxyl groups is 1. The standard InChI is InChI=1S/C37H33NO5/c1-3-38-35(42)26-16-15-25-28(32(26)36(38)43)19-29-34(41)27(22-10-6-4-7-11-22)20-31(40)37(29,24-12-8-5-9-13-24)33(25)23-14-17-30(39)21(2)18-23/h4-15,17-18,20,26,28-29,32-33,39H,3,16,19H2,1-2H3. The fourth-order valence-corrected chi connectivity index (χ4v) is 8.48. The molecule has 4 aliphatic rings. The molecule has 6 heteroatoms. The SMILES string of the molecule is CCN1C(=O)C2CC=C3C(CC4C(=O)C(c5ccccc5)=CC(=O)C4(c4ccccc4)C3c3ccc(O)c(C)c3)C2C1=O. The van der Waals surface area contributed by atoms with Crippen molar-refractivity contribution < 1.29 is 24.3 Å². The van der Waals surface area contributed by atoms with E-state index in [9.17, 15) is 24.3 Å². The zero-order valence-electron chi connectivity index (χ0n) is 24.2. The highest BCUT2D eigenvalue weighted by Gasteiger charge is 2.65. The lowest BCUT2D eigenvalue weighted by atomic mass is 9.44. The van der Waals surface area contributed by atoms with Crippen molar-refractivity contribution in [2.24, 2.45) is 23.7 Å². The zero-order valence-corrected chi connectivity index (χ0v) is 24.2. The summed E-state index contributed by atoms with van der Waals surface area (Å²) in [7, 11) is 0. The summed E-state index contributed by atoms with van der Waals surface area (Å²) in [5.74, 6) is -3.21. The summed E-state index contributed by atoms with van der Waals surface area (Å²) < 4.78 is 0. The molecule has 0 bridgehead atoms. The average molecular weight is 572 g/mol. The predicted molar refractivity (Wildman–Crippen MR) is 162 cm³/mol. The molecule has 3 aromatic rings. The quantitative estimate of drug-likeness (QED) is 0.328. The number of ketones is 2. The first-order valence-corrected chi connectivity index (χ1v) is 15.0. The number of carbonyl (C=O) groups is 4. The highest BCUT2D eigenvalue weighted by atomic mass is 16.3. The number of carbonyl (C=O) groups excluding carboxylic acids is 4. The van der Waals surface area contributed by atoms with Gasteiger partial charge in [-0.1, -0.05) is 84.4 Å². The lowest BCUT2D eigenvalue weighted by Gasteiger charge is -2.55. The van der Waals surface area contributed by atoms with E-state index in [1.54, 1.807) is 6.07 Å². The molecule has 1 saturated heterocycles. The van der Waals surface area contributed by atoms with Gasteiger partial charge in [-0.25, -0.2) is 0 Å². The van der Waals surface area contributed by atoms with Crippen LogP contribution in [-0.4, -0.2) is 39.9 Å². The Hall–Kier alpha value is -4.58. The van der Waals surface area contributed by atoms with Crippen molar-refractivity contribution >= 4 is 29.0 Å². The molecule has 3 aliphatic carbocycles. The normalized spacial score (nSPS) is 29.9. The van der Waals surface area contributed by atoms with Crippen molar-refractivity contribution in [3.05, 3.63) is 119 Å². The third kappa shape index (κ3) is 3.78. The maximum atomic E-state index is 14.9. The van der Waals surface area contributed by atoms with Crippen molar-refractivity contribution in [3.8, 4) is 5.75 Å². The maximum Gasteiger partial charge on any atom is 0.233 e. The number of fused-ring (bicyclic) bond motifs is 4. The number of phenols is 1. The third-order valence-corrected chi connectivity index (χ3v) is 10.3. The van der Waals surface area contributed by atoms with Gasteiger partial charge >= 0.3 is 0 Å². The molecule has 6 nitrogen and oxygen atoms in total. The summed E-state index contributed by atoms with van der Waals surface area (Å²) in [6.07, 6.45) is 4.30. The number of hydrogen-bond donors (Lipinski definition) is 1. The fraction of sp³-hybridized carbons (Fsp3) is 0.297. The minimum atomic E-state index is -1.26. The number of hydrogen-bond acceptors (Lipinski definition) is 5. The summed E-state index contributed by atoms with van der Waals surface area (Å²) in [6, 6.07) is 24.2. The van der Waals surface area contributed by atoms with Crippen LogP contribution < -0.4 is 0 Å². The van der Waals surface area contributed by atoms with E-state index < -0.39 is 29.1 Å². The van der Waals surface area contributed by atoms with E-state index in [-0.39, 0.29) is 35.0 Å². The number of phenolic OH excluding ortho intramolecular Hbond substituents is 1. The van der Waals surface area contributed by atoms with Crippen molar-refractivity contribution in [2.45, 2.75) is 38.0 Å². The maximum absolute atomic E-state index is 14.9. The van der Waals surface area contributed by atoms with Crippen LogP contribution in [0.3, 0.4) is 0 Å². The van der Waals surface area contributed by atoms with Crippen LogP contribution in [0, 0.1) is 30.6 Å². The molecular formula is C37H33NO5. The van der Waals surface area contributed by atoms with E-state index in [2.05, 4.69) is 6.08 Å². The predicted octanol–water partition coefficient (Wildman–Crippen LogP) is 5.54. The van der Waals surface area contributed by atoms with Crippen LogP contribution in [0.15, 0.2) is 96.6 Å². The lowest BCUT2D eigenvalue weighted by molar-refractivity contribution is -0.140. The Labute approximate surface area is 250 Å². The fourth-order valence-electron chi connectivity index (χ4n) is 8.48. The molecule has 1 heterocycles. The van der Waals surface area contributed by atoms with Gasteiger partial charge in [-0.3, -0.25) is 24.1 Å². The van der Waals surface area contributed by atoms with Crippen LogP contribution in [0.1, 0.15) is 47.9 Å². The second-order valence-electron chi connectivity index (χ2n) is 12.3. The van der Waals surface area contributed by atoms with Gasteiger partial charge < -0.3 is 5.11 Å². The van der Waals surface area contributed by atoms with Crippen molar-refractivity contribution in [3.63, 3.8) is 0 Å². The van der Waals surface area contributed by atoms with E-state index in [4.69, 9.17) is 0 Å². The van der Waals surface area contributed by atoms with Crippen LogP contribution in [0.25, 0.3) is 5.57 Å². The summed E-state index contributed by atoms with van der Waals surface area (Å²) in [6.45, 7) is 3.94. The Morgan fingerprint density at radius 3 is 2.26 bits per heavy atom. The molecule has 2 fully saturated rings. The van der Waals surface area contributed by atoms with Crippen LogP contribution in [0.2, 0.25) is 0 Å². The Kier molecular flexibility index (Phi) is 6.35. The first kappa shape index (κ1) is 27.3. The highest BCUT2D eigenvalue weighted by molar-refractivity contribution is 6.31. The molecule has 2 amide bonds. The van der Waals surface area contributed by atoms with E-state index in [1.165, 1.54) is 11.0 Å². The van der Waals surface area contributed by atoms with E-state index in [1.807, 2.05) is 86.6 Å². The third-order valence-electron chi connectivity index (χ3n) is 10.3. The summed E-state index contributed by atoms with van der Waals surface area (Å²) in [5, 5.41) is 10.5. The number of Topliss-reactive ketones (excluding diaryl/α,β-unsaturated/α-hetero) is 1. The van der Waals surface area contributed by atoms with Gasteiger partial charge in [0.2, 0.25) is 11.8 Å². The monoisotopic (exact) mass is 571 g/mol. The summed E-state index contributed by atoms with van der Waals surface area (Å²) in [4.78, 5) is 58.2. The molecule has 0 spiro atoms. The van der Waals surface area contributed by atoms with Gasteiger partial charge in [0.1, 0.15) is 5.75 Å². The number of rotatable bonds is 4. The number of imide groups is 1. The molecule has 0 radical (unpaired) electrons. The molecule has 216 valence electrons. The zero-order chi connectivity index (χ0) is 30.0. The topological polar surface area (TPSA) is 91.8 Å². The Balaban J connectivity index is 1.52. The molecule has 1 aliphatic heterocycles. The minimum absolute atomic E-state index is 0.125. The molecule has 1 saturated carbocycles. The smallest absolute Gasteiger partial charge is 0.233 e. The lowest BCUT2D eigenvalue weighted by Crippen LogP contribution is -2.58. The van der Waals surface area contributed by atoms with Gasteiger partial charge in [0.15, 0.2) is 11.6 Å². The Morgan fingerprint density at radius 1 is 0.884 bits per heavy atom. The van der Waals surface area contributed by atoms with Crippen LogP contribution >= 0.6 is 0 Å². The molecule has 6 atom stereocenters. The Bertz CT molecular complexity index is 1740.